The summed E-state index contributed by atoms with van der Waals surface area (Å²) in [5.41, 5.74) is 3.62. The lowest BCUT2D eigenvalue weighted by molar-refractivity contribution is -0.155. The summed E-state index contributed by atoms with van der Waals surface area (Å²) in [5, 5.41) is 0. The van der Waals surface area contributed by atoms with E-state index in [9.17, 15) is 9.59 Å². The van der Waals surface area contributed by atoms with Crippen molar-refractivity contribution >= 4 is 17.1 Å². The largest absolute Gasteiger partial charge is 0.497 e. The van der Waals surface area contributed by atoms with Crippen molar-refractivity contribution in [3.05, 3.63) is 119 Å². The van der Waals surface area contributed by atoms with Crippen LogP contribution in [0.2, 0.25) is 0 Å². The van der Waals surface area contributed by atoms with Crippen LogP contribution in [0.3, 0.4) is 0 Å². The number of aromatic nitrogens is 3. The zero-order valence-corrected chi connectivity index (χ0v) is 22.5. The first kappa shape index (κ1) is 26.0. The summed E-state index contributed by atoms with van der Waals surface area (Å²) in [6, 6.07) is 28.7. The van der Waals surface area contributed by atoms with Gasteiger partial charge in [-0.15, -0.1) is 0 Å². The van der Waals surface area contributed by atoms with E-state index in [1.165, 1.54) is 4.57 Å². The number of esters is 1. The van der Waals surface area contributed by atoms with Crippen molar-refractivity contribution in [1.82, 2.24) is 14.1 Å². The lowest BCUT2D eigenvalue weighted by Gasteiger charge is -2.20. The molecule has 0 aliphatic rings. The lowest BCUT2D eigenvalue weighted by Crippen LogP contribution is -2.33. The summed E-state index contributed by atoms with van der Waals surface area (Å²) < 4.78 is 14.0. The van der Waals surface area contributed by atoms with Gasteiger partial charge in [0.05, 0.1) is 18.7 Å². The molecule has 0 atom stereocenters. The zero-order chi connectivity index (χ0) is 27.6. The van der Waals surface area contributed by atoms with Crippen LogP contribution in [0, 0.1) is 0 Å². The maximum Gasteiger partial charge on any atom is 0.331 e. The number of hydrogen-bond donors (Lipinski definition) is 0. The van der Waals surface area contributed by atoms with Crippen molar-refractivity contribution < 1.29 is 14.3 Å². The third-order valence-electron chi connectivity index (χ3n) is 6.42. The zero-order valence-electron chi connectivity index (χ0n) is 22.5. The second-order valence-electron chi connectivity index (χ2n) is 10.3. The first-order valence-electron chi connectivity index (χ1n) is 12.8. The molecule has 5 rings (SSSR count). The second-order valence-corrected chi connectivity index (χ2v) is 10.3. The van der Waals surface area contributed by atoms with Gasteiger partial charge in [-0.3, -0.25) is 13.9 Å². The number of carbonyl (C=O) groups excluding carboxylic acids is 1. The van der Waals surface area contributed by atoms with E-state index in [1.54, 1.807) is 38.6 Å². The molecule has 0 saturated carbocycles. The number of methoxy groups -OCH3 is 1. The van der Waals surface area contributed by atoms with Gasteiger partial charge in [0, 0.05) is 11.8 Å². The van der Waals surface area contributed by atoms with Gasteiger partial charge in [0.15, 0.2) is 5.65 Å². The van der Waals surface area contributed by atoms with Gasteiger partial charge in [-0.05, 0) is 55.7 Å². The van der Waals surface area contributed by atoms with E-state index in [0.29, 0.717) is 11.2 Å². The number of ether oxygens (including phenoxy) is 2. The van der Waals surface area contributed by atoms with Gasteiger partial charge in [0.2, 0.25) is 0 Å². The van der Waals surface area contributed by atoms with E-state index >= 15 is 0 Å². The molecule has 2 aromatic heterocycles. The number of pyridine rings is 1. The fourth-order valence-electron chi connectivity index (χ4n) is 4.74. The van der Waals surface area contributed by atoms with Crippen molar-refractivity contribution in [2.24, 2.45) is 0 Å². The van der Waals surface area contributed by atoms with Crippen LogP contribution < -0.4 is 10.4 Å². The van der Waals surface area contributed by atoms with Crippen LogP contribution in [0.15, 0.2) is 102 Å². The Labute approximate surface area is 227 Å². The van der Waals surface area contributed by atoms with Gasteiger partial charge in [0.1, 0.15) is 17.9 Å². The molecule has 5 aromatic rings. The van der Waals surface area contributed by atoms with E-state index in [0.717, 1.165) is 28.0 Å². The van der Waals surface area contributed by atoms with E-state index in [2.05, 4.69) is 0 Å². The second kappa shape index (κ2) is 10.6. The Morgan fingerprint density at radius 3 is 2.00 bits per heavy atom. The molecule has 0 N–H and O–H groups in total. The molecule has 0 radical (unpaired) electrons. The van der Waals surface area contributed by atoms with Crippen LogP contribution in [-0.2, 0) is 16.1 Å². The Morgan fingerprint density at radius 2 is 1.46 bits per heavy atom. The smallest absolute Gasteiger partial charge is 0.331 e. The number of rotatable bonds is 7. The highest BCUT2D eigenvalue weighted by Crippen LogP contribution is 2.30. The number of hydrogen-bond acceptors (Lipinski definition) is 5. The minimum Gasteiger partial charge on any atom is -0.497 e. The summed E-state index contributed by atoms with van der Waals surface area (Å²) in [6.45, 7) is 5.19. The maximum atomic E-state index is 14.2. The normalized spacial score (nSPS) is 11.6. The predicted octanol–water partition coefficient (Wildman–Crippen LogP) is 5.85. The predicted molar refractivity (Wildman–Crippen MR) is 152 cm³/mol. The van der Waals surface area contributed by atoms with Crippen LogP contribution >= 0.6 is 0 Å². The number of carbonyl (C=O) groups is 1. The Morgan fingerprint density at radius 1 is 0.872 bits per heavy atom. The Hall–Kier alpha value is -4.65. The van der Waals surface area contributed by atoms with Crippen LogP contribution in [0.1, 0.15) is 37.9 Å². The third kappa shape index (κ3) is 5.48. The summed E-state index contributed by atoms with van der Waals surface area (Å²) in [5.74, 6) is 0.254. The van der Waals surface area contributed by atoms with Crippen LogP contribution in [0.4, 0.5) is 0 Å². The minimum absolute atomic E-state index is 0.232. The Kier molecular flexibility index (Phi) is 7.07. The van der Waals surface area contributed by atoms with Crippen LogP contribution in [0.5, 0.6) is 5.75 Å². The number of fused-ring (bicyclic) bond motifs is 1. The van der Waals surface area contributed by atoms with Gasteiger partial charge in [0.25, 0.3) is 0 Å². The van der Waals surface area contributed by atoms with E-state index in [1.807, 2.05) is 91.0 Å². The first-order valence-corrected chi connectivity index (χ1v) is 12.8. The van der Waals surface area contributed by atoms with Gasteiger partial charge in [-0.1, -0.05) is 72.8 Å². The average Bonchev–Trinajstić information content (AvgIpc) is 3.19. The SMILES string of the molecule is COc1ccc(-c2cnc3c(c2)n(CC(=O)OC(C)(C)C)c(=O)n3C(c2ccccc2)c2ccccc2)cc1. The van der Waals surface area contributed by atoms with Crippen LogP contribution in [0.25, 0.3) is 22.3 Å². The molecule has 0 amide bonds. The summed E-state index contributed by atoms with van der Waals surface area (Å²) in [7, 11) is 1.62. The monoisotopic (exact) mass is 521 g/mol. The third-order valence-corrected chi connectivity index (χ3v) is 6.42. The summed E-state index contributed by atoms with van der Waals surface area (Å²) >= 11 is 0. The molecular formula is C32H31N3O4. The molecule has 0 aliphatic carbocycles. The molecule has 0 saturated heterocycles. The van der Waals surface area contributed by atoms with Crippen molar-refractivity contribution in [3.63, 3.8) is 0 Å². The van der Waals surface area contributed by atoms with Crippen molar-refractivity contribution in [2.45, 2.75) is 39.0 Å². The highest BCUT2D eigenvalue weighted by Gasteiger charge is 2.27. The molecule has 0 spiro atoms. The summed E-state index contributed by atoms with van der Waals surface area (Å²) in [6.07, 6.45) is 1.75. The Balaban J connectivity index is 1.73. The molecule has 198 valence electrons. The molecule has 3 aromatic carbocycles. The van der Waals surface area contributed by atoms with E-state index in [-0.39, 0.29) is 12.2 Å². The van der Waals surface area contributed by atoms with E-state index < -0.39 is 17.6 Å². The van der Waals surface area contributed by atoms with E-state index in [4.69, 9.17) is 14.5 Å². The fourth-order valence-corrected chi connectivity index (χ4v) is 4.74. The highest BCUT2D eigenvalue weighted by molar-refractivity contribution is 5.81. The number of nitrogens with zero attached hydrogens (tertiary/aromatic N) is 3. The summed E-state index contributed by atoms with van der Waals surface area (Å²) in [4.78, 5) is 31.9. The van der Waals surface area contributed by atoms with Crippen molar-refractivity contribution in [2.75, 3.05) is 7.11 Å². The van der Waals surface area contributed by atoms with Gasteiger partial charge in [-0.25, -0.2) is 9.78 Å². The topological polar surface area (TPSA) is 75.4 Å². The molecule has 39 heavy (non-hydrogen) atoms. The van der Waals surface area contributed by atoms with Gasteiger partial charge < -0.3 is 9.47 Å². The average molecular weight is 522 g/mol. The molecule has 7 heteroatoms. The van der Waals surface area contributed by atoms with Gasteiger partial charge >= 0.3 is 11.7 Å². The molecule has 0 bridgehead atoms. The quantitative estimate of drug-likeness (QED) is 0.251. The standard InChI is InChI=1S/C32H31N3O4/c1-32(2,3)39-28(36)21-34-27-19-25(22-15-17-26(38-4)18-16-22)20-33-30(27)35(31(34)37)29(23-11-7-5-8-12-23)24-13-9-6-10-14-24/h5-20,29H,21H2,1-4H3. The maximum absolute atomic E-state index is 14.2. The number of benzene rings is 3. The Bertz CT molecular complexity index is 1610. The molecule has 0 aliphatic heterocycles. The van der Waals surface area contributed by atoms with Crippen molar-refractivity contribution in [1.29, 1.82) is 0 Å². The number of imidazole rings is 1. The van der Waals surface area contributed by atoms with Gasteiger partial charge in [-0.2, -0.15) is 0 Å². The molecular weight excluding hydrogens is 490 g/mol. The first-order chi connectivity index (χ1) is 18.7. The fraction of sp³-hybridized carbons (Fsp3) is 0.219. The minimum atomic E-state index is -0.678. The molecule has 0 fully saturated rings. The lowest BCUT2D eigenvalue weighted by atomic mass is 9.98. The molecule has 2 heterocycles. The van der Waals surface area contributed by atoms with Crippen LogP contribution in [-0.4, -0.2) is 32.8 Å². The highest BCUT2D eigenvalue weighted by atomic mass is 16.6. The molecule has 0 unspecified atom stereocenters. The molecule has 7 nitrogen and oxygen atoms in total. The van der Waals surface area contributed by atoms with Crippen molar-refractivity contribution in [3.8, 4) is 16.9 Å².